The minimum atomic E-state index is 0.0920. The van der Waals surface area contributed by atoms with Gasteiger partial charge in [-0.3, -0.25) is 4.79 Å². The van der Waals surface area contributed by atoms with Gasteiger partial charge in [-0.15, -0.1) is 0 Å². The second kappa shape index (κ2) is 5.46. The summed E-state index contributed by atoms with van der Waals surface area (Å²) in [5.41, 5.74) is 1.49. The molecule has 4 heteroatoms. The van der Waals surface area contributed by atoms with Crippen molar-refractivity contribution in [3.8, 4) is 6.07 Å². The van der Waals surface area contributed by atoms with E-state index in [9.17, 15) is 4.79 Å². The number of hydrogen-bond donors (Lipinski definition) is 1. The molecule has 0 radical (unpaired) electrons. The van der Waals surface area contributed by atoms with Gasteiger partial charge in [0.05, 0.1) is 18.2 Å². The summed E-state index contributed by atoms with van der Waals surface area (Å²) in [4.78, 5) is 13.7. The van der Waals surface area contributed by atoms with Gasteiger partial charge in [-0.1, -0.05) is 0 Å². The average molecular weight is 229 g/mol. The molecule has 1 aliphatic rings. The number of carbonyl (C=O) groups is 1. The smallest absolute Gasteiger partial charge is 0.240 e. The highest BCUT2D eigenvalue weighted by Crippen LogP contribution is 2.16. The average Bonchev–Trinajstić information content (AvgIpc) is 2.35. The Bertz CT molecular complexity index is 433. The molecule has 0 bridgehead atoms. The van der Waals surface area contributed by atoms with Crippen molar-refractivity contribution >= 4 is 11.6 Å². The molecular formula is C13H15N3O. The van der Waals surface area contributed by atoms with E-state index >= 15 is 0 Å². The zero-order chi connectivity index (χ0) is 12.1. The van der Waals surface area contributed by atoms with Crippen molar-refractivity contribution in [3.63, 3.8) is 0 Å². The maximum absolute atomic E-state index is 11.9. The van der Waals surface area contributed by atoms with E-state index in [4.69, 9.17) is 5.26 Å². The van der Waals surface area contributed by atoms with Crippen molar-refractivity contribution in [2.75, 3.05) is 24.5 Å². The Morgan fingerprint density at radius 3 is 2.71 bits per heavy atom. The van der Waals surface area contributed by atoms with E-state index in [0.29, 0.717) is 12.1 Å². The maximum atomic E-state index is 11.9. The largest absolute Gasteiger partial charge is 0.311 e. The lowest BCUT2D eigenvalue weighted by molar-refractivity contribution is -0.118. The van der Waals surface area contributed by atoms with Crippen LogP contribution in [0.25, 0.3) is 0 Å². The summed E-state index contributed by atoms with van der Waals surface area (Å²) in [6.07, 6.45) is 2.08. The van der Waals surface area contributed by atoms with E-state index in [1.807, 2.05) is 12.1 Å². The summed E-state index contributed by atoms with van der Waals surface area (Å²) in [7, 11) is 0. The summed E-state index contributed by atoms with van der Waals surface area (Å²) < 4.78 is 0. The highest BCUT2D eigenvalue weighted by molar-refractivity contribution is 5.94. The number of anilines is 1. The van der Waals surface area contributed by atoms with Crippen molar-refractivity contribution in [1.29, 1.82) is 5.26 Å². The molecule has 1 saturated heterocycles. The third-order valence-corrected chi connectivity index (χ3v) is 2.87. The summed E-state index contributed by atoms with van der Waals surface area (Å²) in [5.74, 6) is 0.0920. The Balaban J connectivity index is 2.17. The molecule has 1 amide bonds. The van der Waals surface area contributed by atoms with Gasteiger partial charge in [0.1, 0.15) is 0 Å². The van der Waals surface area contributed by atoms with Crippen LogP contribution in [0.1, 0.15) is 18.4 Å². The molecule has 2 rings (SSSR count). The fraction of sp³-hybridized carbons (Fsp3) is 0.385. The Morgan fingerprint density at radius 2 is 2.00 bits per heavy atom. The molecule has 1 aromatic carbocycles. The molecule has 1 heterocycles. The summed E-state index contributed by atoms with van der Waals surface area (Å²) in [6, 6.07) is 9.23. The molecular weight excluding hydrogens is 214 g/mol. The molecule has 1 fully saturated rings. The van der Waals surface area contributed by atoms with Gasteiger partial charge in [-0.25, -0.2) is 0 Å². The van der Waals surface area contributed by atoms with Crippen LogP contribution >= 0.6 is 0 Å². The van der Waals surface area contributed by atoms with Gasteiger partial charge >= 0.3 is 0 Å². The number of nitrogens with one attached hydrogen (secondary N) is 1. The second-order valence-corrected chi connectivity index (χ2v) is 4.09. The number of amides is 1. The van der Waals surface area contributed by atoms with E-state index in [1.54, 1.807) is 17.0 Å². The highest BCUT2D eigenvalue weighted by atomic mass is 16.2. The number of nitriles is 1. The van der Waals surface area contributed by atoms with E-state index in [-0.39, 0.29) is 5.91 Å². The third kappa shape index (κ3) is 2.83. The number of carbonyl (C=O) groups excluding carboxylic acids is 1. The Hall–Kier alpha value is -1.86. The number of hydrogen-bond acceptors (Lipinski definition) is 3. The number of benzene rings is 1. The summed E-state index contributed by atoms with van der Waals surface area (Å²) in [6.45, 7) is 2.05. The molecule has 0 unspecified atom stereocenters. The van der Waals surface area contributed by atoms with Crippen LogP contribution in [0.4, 0.5) is 5.69 Å². The number of nitrogens with zero attached hydrogens (tertiary/aromatic N) is 2. The molecule has 0 aliphatic carbocycles. The van der Waals surface area contributed by atoms with Crippen LogP contribution in [0.2, 0.25) is 0 Å². The van der Waals surface area contributed by atoms with Crippen molar-refractivity contribution in [3.05, 3.63) is 29.8 Å². The van der Waals surface area contributed by atoms with E-state index in [1.165, 1.54) is 0 Å². The zero-order valence-corrected chi connectivity index (χ0v) is 9.65. The molecule has 17 heavy (non-hydrogen) atoms. The first-order chi connectivity index (χ1) is 8.31. The van der Waals surface area contributed by atoms with Crippen LogP contribution < -0.4 is 10.2 Å². The van der Waals surface area contributed by atoms with Gasteiger partial charge in [0.25, 0.3) is 0 Å². The third-order valence-electron chi connectivity index (χ3n) is 2.87. The molecule has 1 aliphatic heterocycles. The van der Waals surface area contributed by atoms with Crippen LogP contribution in [0.3, 0.4) is 0 Å². The molecule has 1 aromatic rings. The molecule has 1 N–H and O–H groups in total. The fourth-order valence-electron chi connectivity index (χ4n) is 1.92. The standard InChI is InChI=1S/C13H15N3O/c14-9-11-3-5-12(6-4-11)16-8-2-1-7-15-10-13(16)17/h3-6,15H,1-2,7-8,10H2. The predicted octanol–water partition coefficient (Wildman–Crippen LogP) is 1.27. The summed E-state index contributed by atoms with van der Waals surface area (Å²) >= 11 is 0. The first-order valence-corrected chi connectivity index (χ1v) is 5.82. The van der Waals surface area contributed by atoms with Crippen molar-refractivity contribution in [2.45, 2.75) is 12.8 Å². The molecule has 4 nitrogen and oxygen atoms in total. The highest BCUT2D eigenvalue weighted by Gasteiger charge is 2.16. The monoisotopic (exact) mass is 229 g/mol. The summed E-state index contributed by atoms with van der Waals surface area (Å²) in [5, 5.41) is 11.8. The molecule has 0 saturated carbocycles. The van der Waals surface area contributed by atoms with E-state index < -0.39 is 0 Å². The normalized spacial score (nSPS) is 17.1. The van der Waals surface area contributed by atoms with Crippen LogP contribution in [-0.2, 0) is 4.79 Å². The Kier molecular flexibility index (Phi) is 3.73. The van der Waals surface area contributed by atoms with Gasteiger partial charge in [0.15, 0.2) is 0 Å². The van der Waals surface area contributed by atoms with Gasteiger partial charge < -0.3 is 10.2 Å². The number of rotatable bonds is 1. The van der Waals surface area contributed by atoms with E-state index in [2.05, 4.69) is 11.4 Å². The fourth-order valence-corrected chi connectivity index (χ4v) is 1.92. The van der Waals surface area contributed by atoms with Crippen LogP contribution in [0.15, 0.2) is 24.3 Å². The predicted molar refractivity (Wildman–Crippen MR) is 65.6 cm³/mol. The topological polar surface area (TPSA) is 56.1 Å². The molecule has 0 atom stereocenters. The first kappa shape index (κ1) is 11.6. The first-order valence-electron chi connectivity index (χ1n) is 5.82. The lowest BCUT2D eigenvalue weighted by Crippen LogP contribution is -2.41. The van der Waals surface area contributed by atoms with Gasteiger partial charge in [0, 0.05) is 12.2 Å². The SMILES string of the molecule is N#Cc1ccc(N2CCCCNCC2=O)cc1. The van der Waals surface area contributed by atoms with Crippen LogP contribution in [0, 0.1) is 11.3 Å². The van der Waals surface area contributed by atoms with Crippen LogP contribution in [-0.4, -0.2) is 25.5 Å². The molecule has 0 aromatic heterocycles. The lowest BCUT2D eigenvalue weighted by Gasteiger charge is -2.25. The van der Waals surface area contributed by atoms with E-state index in [0.717, 1.165) is 31.6 Å². The van der Waals surface area contributed by atoms with Crippen molar-refractivity contribution in [1.82, 2.24) is 5.32 Å². The minimum Gasteiger partial charge on any atom is -0.311 e. The van der Waals surface area contributed by atoms with Gasteiger partial charge in [-0.2, -0.15) is 5.26 Å². The molecule has 88 valence electrons. The molecule has 0 spiro atoms. The maximum Gasteiger partial charge on any atom is 0.240 e. The Morgan fingerprint density at radius 1 is 1.24 bits per heavy atom. The van der Waals surface area contributed by atoms with Crippen molar-refractivity contribution < 1.29 is 4.79 Å². The quantitative estimate of drug-likeness (QED) is 0.789. The second-order valence-electron chi connectivity index (χ2n) is 4.09. The lowest BCUT2D eigenvalue weighted by atomic mass is 10.2. The van der Waals surface area contributed by atoms with Crippen molar-refractivity contribution in [2.24, 2.45) is 0 Å². The van der Waals surface area contributed by atoms with Gasteiger partial charge in [0.2, 0.25) is 5.91 Å². The van der Waals surface area contributed by atoms with Crippen LogP contribution in [0.5, 0.6) is 0 Å². The zero-order valence-electron chi connectivity index (χ0n) is 9.65. The Labute approximate surface area is 101 Å². The van der Waals surface area contributed by atoms with Gasteiger partial charge in [-0.05, 0) is 43.7 Å². The minimum absolute atomic E-state index is 0.0920.